The summed E-state index contributed by atoms with van der Waals surface area (Å²) < 4.78 is 87.7. The van der Waals surface area contributed by atoms with Crippen LogP contribution in [0.5, 0.6) is 5.75 Å². The summed E-state index contributed by atoms with van der Waals surface area (Å²) in [6.07, 6.45) is 2.41. The topological polar surface area (TPSA) is 113 Å². The molecule has 4 rings (SSSR count). The summed E-state index contributed by atoms with van der Waals surface area (Å²) in [4.78, 5) is 12.7. The Morgan fingerprint density at radius 1 is 0.897 bits per heavy atom. The number of nitrogens with one attached hydrogen (secondary N) is 1. The van der Waals surface area contributed by atoms with Crippen LogP contribution in [0, 0.1) is 11.6 Å². The van der Waals surface area contributed by atoms with Crippen LogP contribution in [0.25, 0.3) is 0 Å². The Kier molecular flexibility index (Phi) is 8.52. The molecule has 1 amide bonds. The van der Waals surface area contributed by atoms with Crippen LogP contribution in [0.2, 0.25) is 0 Å². The molecule has 208 valence electrons. The van der Waals surface area contributed by atoms with Crippen LogP contribution in [0.1, 0.15) is 19.3 Å². The molecule has 1 aliphatic heterocycles. The fourth-order valence-electron chi connectivity index (χ4n) is 4.19. The van der Waals surface area contributed by atoms with Gasteiger partial charge in [-0.25, -0.2) is 25.6 Å². The molecular formula is C26H27F2N3O6S2. The SMILES string of the molecule is COc1ccc(NC(=O)CN(c2ccc(F)cc2)S(=O)(=O)c2ccc(F)cc2)cc1S(=O)(=O)N1CCCCC1. The van der Waals surface area contributed by atoms with Crippen LogP contribution < -0.4 is 14.4 Å². The zero-order valence-electron chi connectivity index (χ0n) is 21.0. The van der Waals surface area contributed by atoms with Crippen LogP contribution in [0.3, 0.4) is 0 Å². The minimum atomic E-state index is -4.37. The summed E-state index contributed by atoms with van der Waals surface area (Å²) in [5, 5.41) is 2.54. The van der Waals surface area contributed by atoms with Crippen molar-refractivity contribution in [2.45, 2.75) is 29.1 Å². The summed E-state index contributed by atoms with van der Waals surface area (Å²) in [5.74, 6) is -1.94. The molecule has 3 aromatic carbocycles. The maximum Gasteiger partial charge on any atom is 0.264 e. The highest BCUT2D eigenvalue weighted by Crippen LogP contribution is 2.31. The molecule has 0 unspecified atom stereocenters. The fourth-order valence-corrected chi connectivity index (χ4v) is 7.31. The van der Waals surface area contributed by atoms with E-state index in [9.17, 15) is 30.4 Å². The number of rotatable bonds is 9. The summed E-state index contributed by atoms with van der Waals surface area (Å²) in [7, 11) is -6.94. The van der Waals surface area contributed by atoms with Crippen molar-refractivity contribution in [3.63, 3.8) is 0 Å². The zero-order chi connectivity index (χ0) is 28.2. The number of carbonyl (C=O) groups is 1. The molecule has 39 heavy (non-hydrogen) atoms. The van der Waals surface area contributed by atoms with Gasteiger partial charge in [0.2, 0.25) is 15.9 Å². The summed E-state index contributed by atoms with van der Waals surface area (Å²) in [6.45, 7) is 0.0114. The van der Waals surface area contributed by atoms with Gasteiger partial charge < -0.3 is 10.1 Å². The molecule has 1 fully saturated rings. The molecule has 0 aromatic heterocycles. The van der Waals surface area contributed by atoms with Crippen molar-refractivity contribution in [1.29, 1.82) is 0 Å². The molecule has 1 heterocycles. The lowest BCUT2D eigenvalue weighted by Crippen LogP contribution is -2.38. The number of nitrogens with zero attached hydrogens (tertiary/aromatic N) is 2. The highest BCUT2D eigenvalue weighted by Gasteiger charge is 2.30. The quantitative estimate of drug-likeness (QED) is 0.410. The van der Waals surface area contributed by atoms with Gasteiger partial charge in [0.1, 0.15) is 28.8 Å². The van der Waals surface area contributed by atoms with E-state index in [-0.39, 0.29) is 26.9 Å². The van der Waals surface area contributed by atoms with E-state index in [1.54, 1.807) is 0 Å². The lowest BCUT2D eigenvalue weighted by Gasteiger charge is -2.27. The lowest BCUT2D eigenvalue weighted by molar-refractivity contribution is -0.114. The average molecular weight is 580 g/mol. The molecule has 0 spiro atoms. The van der Waals surface area contributed by atoms with E-state index in [0.717, 1.165) is 60.0 Å². The second-order valence-corrected chi connectivity index (χ2v) is 12.6. The predicted octanol–water partition coefficient (Wildman–Crippen LogP) is 3.98. The number of anilines is 2. The highest BCUT2D eigenvalue weighted by molar-refractivity contribution is 7.92. The number of hydrogen-bond acceptors (Lipinski definition) is 6. The van der Waals surface area contributed by atoms with Gasteiger partial charge in [-0.1, -0.05) is 6.42 Å². The highest BCUT2D eigenvalue weighted by atomic mass is 32.2. The Morgan fingerprint density at radius 3 is 2.08 bits per heavy atom. The molecule has 0 aliphatic carbocycles. The third-order valence-corrected chi connectivity index (χ3v) is 9.89. The second kappa shape index (κ2) is 11.7. The van der Waals surface area contributed by atoms with Crippen molar-refractivity contribution in [3.05, 3.63) is 78.4 Å². The first kappa shape index (κ1) is 28.5. The van der Waals surface area contributed by atoms with Crippen molar-refractivity contribution in [3.8, 4) is 5.75 Å². The number of methoxy groups -OCH3 is 1. The van der Waals surface area contributed by atoms with E-state index >= 15 is 0 Å². The Bertz CT molecular complexity index is 1540. The predicted molar refractivity (Wildman–Crippen MR) is 142 cm³/mol. The van der Waals surface area contributed by atoms with Gasteiger partial charge in [-0.2, -0.15) is 4.31 Å². The normalized spacial score (nSPS) is 14.5. The number of amides is 1. The van der Waals surface area contributed by atoms with Gasteiger partial charge in [0.15, 0.2) is 0 Å². The Balaban J connectivity index is 1.63. The standard InChI is InChI=1S/C26H27F2N3O6S2/c1-37-24-14-9-21(17-25(24)39(35,36)30-15-3-2-4-16-30)29-26(32)18-31(22-10-5-19(27)6-11-22)38(33,34)23-12-7-20(28)8-13-23/h5-14,17H,2-4,15-16,18H2,1H3,(H,29,32). The first-order valence-electron chi connectivity index (χ1n) is 12.0. The van der Waals surface area contributed by atoms with Gasteiger partial charge in [0.25, 0.3) is 10.0 Å². The molecule has 0 bridgehead atoms. The van der Waals surface area contributed by atoms with E-state index in [4.69, 9.17) is 4.74 Å². The number of ether oxygens (including phenoxy) is 1. The van der Waals surface area contributed by atoms with Crippen molar-refractivity contribution >= 4 is 37.3 Å². The molecule has 0 atom stereocenters. The van der Waals surface area contributed by atoms with Crippen LogP contribution in [0.4, 0.5) is 20.2 Å². The van der Waals surface area contributed by atoms with Crippen LogP contribution in [-0.2, 0) is 24.8 Å². The van der Waals surface area contributed by atoms with Crippen molar-refractivity contribution in [2.24, 2.45) is 0 Å². The first-order valence-corrected chi connectivity index (χ1v) is 14.9. The zero-order valence-corrected chi connectivity index (χ0v) is 22.6. The number of carbonyl (C=O) groups excluding carboxylic acids is 1. The van der Waals surface area contributed by atoms with Gasteiger partial charge in [0, 0.05) is 18.8 Å². The molecule has 0 radical (unpaired) electrons. The fraction of sp³-hybridized carbons (Fsp3) is 0.269. The van der Waals surface area contributed by atoms with E-state index in [1.165, 1.54) is 41.7 Å². The van der Waals surface area contributed by atoms with E-state index in [0.29, 0.717) is 13.1 Å². The van der Waals surface area contributed by atoms with Gasteiger partial charge in [-0.3, -0.25) is 9.10 Å². The minimum Gasteiger partial charge on any atom is -0.495 e. The van der Waals surface area contributed by atoms with E-state index < -0.39 is 44.1 Å². The molecule has 1 saturated heterocycles. The maximum absolute atomic E-state index is 13.5. The number of sulfonamides is 2. The first-order chi connectivity index (χ1) is 18.5. The maximum atomic E-state index is 13.5. The monoisotopic (exact) mass is 579 g/mol. The molecule has 1 aliphatic rings. The summed E-state index contributed by atoms with van der Waals surface area (Å²) >= 11 is 0. The molecular weight excluding hydrogens is 552 g/mol. The Hall–Kier alpha value is -3.55. The van der Waals surface area contributed by atoms with Crippen molar-refractivity contribution in [1.82, 2.24) is 4.31 Å². The van der Waals surface area contributed by atoms with Crippen LogP contribution in [0.15, 0.2) is 76.5 Å². The van der Waals surface area contributed by atoms with Crippen molar-refractivity contribution in [2.75, 3.05) is 36.4 Å². The molecule has 0 saturated carbocycles. The largest absolute Gasteiger partial charge is 0.495 e. The second-order valence-electron chi connectivity index (χ2n) is 8.82. The molecule has 3 aromatic rings. The van der Waals surface area contributed by atoms with Crippen LogP contribution >= 0.6 is 0 Å². The van der Waals surface area contributed by atoms with Gasteiger partial charge >= 0.3 is 0 Å². The van der Waals surface area contributed by atoms with Gasteiger partial charge in [0.05, 0.1) is 17.7 Å². The summed E-state index contributed by atoms with van der Waals surface area (Å²) in [5.41, 5.74) is 0.105. The molecule has 13 heteroatoms. The number of benzene rings is 3. The average Bonchev–Trinajstić information content (AvgIpc) is 2.93. The van der Waals surface area contributed by atoms with E-state index in [2.05, 4.69) is 5.32 Å². The number of halogens is 2. The summed E-state index contributed by atoms with van der Waals surface area (Å²) in [6, 6.07) is 12.6. The van der Waals surface area contributed by atoms with Crippen LogP contribution in [-0.4, -0.2) is 53.8 Å². The lowest BCUT2D eigenvalue weighted by atomic mass is 10.2. The molecule has 9 nitrogen and oxygen atoms in total. The van der Waals surface area contributed by atoms with Gasteiger partial charge in [-0.15, -0.1) is 0 Å². The smallest absolute Gasteiger partial charge is 0.264 e. The molecule has 1 N–H and O–H groups in total. The van der Waals surface area contributed by atoms with Crippen molar-refractivity contribution < 1.29 is 35.1 Å². The minimum absolute atomic E-state index is 0.000953. The van der Waals surface area contributed by atoms with E-state index in [1.807, 2.05) is 0 Å². The Morgan fingerprint density at radius 2 is 1.49 bits per heavy atom. The van der Waals surface area contributed by atoms with Gasteiger partial charge in [-0.05, 0) is 79.6 Å². The third-order valence-electron chi connectivity index (χ3n) is 6.18. The number of piperidine rings is 1. The number of hydrogen-bond donors (Lipinski definition) is 1. The Labute approximate surface area is 226 Å². The third kappa shape index (κ3) is 6.37.